The molecule has 96 valence electrons. The Labute approximate surface area is 112 Å². The largest absolute Gasteiger partial charge is 0.325 e. The van der Waals surface area contributed by atoms with Crippen LogP contribution in [0.2, 0.25) is 0 Å². The molecule has 0 amide bonds. The molecule has 18 heavy (non-hydrogen) atoms. The molecule has 2 aromatic rings. The fourth-order valence-electron chi connectivity index (χ4n) is 2.19. The van der Waals surface area contributed by atoms with Gasteiger partial charge < -0.3 is 5.73 Å². The average molecular weight is 260 g/mol. The highest BCUT2D eigenvalue weighted by Gasteiger charge is 2.38. The van der Waals surface area contributed by atoms with Gasteiger partial charge in [-0.1, -0.05) is 32.9 Å². The van der Waals surface area contributed by atoms with Gasteiger partial charge in [0.15, 0.2) is 0 Å². The van der Waals surface area contributed by atoms with Crippen LogP contribution in [0.1, 0.15) is 44.2 Å². The van der Waals surface area contributed by atoms with Crippen LogP contribution in [0.25, 0.3) is 10.2 Å². The van der Waals surface area contributed by atoms with Gasteiger partial charge >= 0.3 is 0 Å². The summed E-state index contributed by atoms with van der Waals surface area (Å²) in [5, 5.41) is 1.21. The number of benzene rings is 1. The van der Waals surface area contributed by atoms with Crippen molar-refractivity contribution in [3.8, 4) is 0 Å². The first-order valence-electron chi connectivity index (χ1n) is 6.55. The third kappa shape index (κ3) is 2.17. The topological polar surface area (TPSA) is 38.9 Å². The van der Waals surface area contributed by atoms with E-state index in [1.165, 1.54) is 20.8 Å². The van der Waals surface area contributed by atoms with Crippen molar-refractivity contribution in [3.05, 3.63) is 28.8 Å². The normalized spacial score (nSPS) is 18.2. The Kier molecular flexibility index (Phi) is 2.55. The van der Waals surface area contributed by atoms with Crippen LogP contribution in [-0.2, 0) is 11.8 Å². The molecule has 0 aliphatic heterocycles. The Morgan fingerprint density at radius 3 is 2.67 bits per heavy atom. The Morgan fingerprint density at radius 1 is 1.33 bits per heavy atom. The van der Waals surface area contributed by atoms with E-state index in [4.69, 9.17) is 10.7 Å². The van der Waals surface area contributed by atoms with E-state index in [2.05, 4.69) is 39.0 Å². The fraction of sp³-hybridized carbons (Fsp3) is 0.533. The molecule has 0 unspecified atom stereocenters. The van der Waals surface area contributed by atoms with Crippen molar-refractivity contribution in [3.63, 3.8) is 0 Å². The number of hydrogen-bond acceptors (Lipinski definition) is 3. The molecule has 2 N–H and O–H groups in total. The second-order valence-electron chi connectivity index (χ2n) is 6.57. The van der Waals surface area contributed by atoms with Crippen molar-refractivity contribution in [2.75, 3.05) is 0 Å². The van der Waals surface area contributed by atoms with Crippen LogP contribution < -0.4 is 5.73 Å². The van der Waals surface area contributed by atoms with Gasteiger partial charge in [0.05, 0.1) is 15.2 Å². The van der Waals surface area contributed by atoms with Crippen LogP contribution in [0, 0.1) is 0 Å². The lowest BCUT2D eigenvalue weighted by Crippen LogP contribution is -2.24. The maximum atomic E-state index is 6.24. The summed E-state index contributed by atoms with van der Waals surface area (Å²) in [5.41, 5.74) is 8.91. The zero-order valence-corrected chi connectivity index (χ0v) is 12.1. The maximum Gasteiger partial charge on any atom is 0.0992 e. The minimum atomic E-state index is 0.0554. The smallest absolute Gasteiger partial charge is 0.0992 e. The highest BCUT2D eigenvalue weighted by molar-refractivity contribution is 7.18. The standard InChI is InChI=1S/C15H20N2S/c1-14(2,3)13-17-12-10(9-15(16)7-8-15)5-4-6-11(12)18-13/h4-6H,7-9,16H2,1-3H3. The molecule has 1 heterocycles. The van der Waals surface area contributed by atoms with Crippen LogP contribution in [0.5, 0.6) is 0 Å². The van der Waals surface area contributed by atoms with Crippen molar-refractivity contribution in [1.82, 2.24) is 4.98 Å². The molecule has 0 atom stereocenters. The third-order valence-corrected chi connectivity index (χ3v) is 5.03. The molecule has 0 spiro atoms. The fourth-order valence-corrected chi connectivity index (χ4v) is 3.26. The molecule has 0 saturated heterocycles. The number of fused-ring (bicyclic) bond motifs is 1. The summed E-state index contributed by atoms with van der Waals surface area (Å²) >= 11 is 1.81. The maximum absolute atomic E-state index is 6.24. The molecule has 1 aromatic carbocycles. The van der Waals surface area contributed by atoms with Crippen LogP contribution in [-0.4, -0.2) is 10.5 Å². The summed E-state index contributed by atoms with van der Waals surface area (Å²) in [4.78, 5) is 4.86. The first kappa shape index (κ1) is 12.1. The number of thiazole rings is 1. The number of hydrogen-bond donors (Lipinski definition) is 1. The minimum absolute atomic E-state index is 0.0554. The van der Waals surface area contributed by atoms with E-state index in [0.717, 1.165) is 19.3 Å². The van der Waals surface area contributed by atoms with Gasteiger partial charge in [-0.3, -0.25) is 0 Å². The van der Waals surface area contributed by atoms with E-state index < -0.39 is 0 Å². The van der Waals surface area contributed by atoms with Crippen LogP contribution in [0.15, 0.2) is 18.2 Å². The molecular formula is C15H20N2S. The minimum Gasteiger partial charge on any atom is -0.325 e. The van der Waals surface area contributed by atoms with Gasteiger partial charge in [-0.15, -0.1) is 11.3 Å². The quantitative estimate of drug-likeness (QED) is 0.895. The van der Waals surface area contributed by atoms with Gasteiger partial charge in [-0.2, -0.15) is 0 Å². The van der Waals surface area contributed by atoms with Crippen LogP contribution >= 0.6 is 11.3 Å². The zero-order chi connectivity index (χ0) is 13.0. The summed E-state index contributed by atoms with van der Waals surface area (Å²) in [6.45, 7) is 6.65. The molecule has 0 bridgehead atoms. The third-order valence-electron chi connectivity index (χ3n) is 3.58. The van der Waals surface area contributed by atoms with Crippen molar-refractivity contribution >= 4 is 21.6 Å². The number of para-hydroxylation sites is 1. The highest BCUT2D eigenvalue weighted by Crippen LogP contribution is 2.38. The van der Waals surface area contributed by atoms with Gasteiger partial charge in [0.1, 0.15) is 0 Å². The molecule has 3 heteroatoms. The van der Waals surface area contributed by atoms with E-state index in [1.807, 2.05) is 11.3 Å². The Balaban J connectivity index is 2.07. The van der Waals surface area contributed by atoms with E-state index in [1.54, 1.807) is 0 Å². The lowest BCUT2D eigenvalue weighted by atomic mass is 9.98. The SMILES string of the molecule is CC(C)(C)c1nc2c(CC3(N)CC3)cccc2s1. The first-order valence-corrected chi connectivity index (χ1v) is 7.37. The second-order valence-corrected chi connectivity index (χ2v) is 7.60. The van der Waals surface area contributed by atoms with E-state index in [0.29, 0.717) is 0 Å². The summed E-state index contributed by atoms with van der Waals surface area (Å²) < 4.78 is 1.29. The Bertz CT molecular complexity index is 588. The molecule has 1 aromatic heterocycles. The molecule has 0 radical (unpaired) electrons. The van der Waals surface area contributed by atoms with Crippen LogP contribution in [0.4, 0.5) is 0 Å². The van der Waals surface area contributed by atoms with Gasteiger partial charge in [0.2, 0.25) is 0 Å². The zero-order valence-electron chi connectivity index (χ0n) is 11.3. The van der Waals surface area contributed by atoms with E-state index in [-0.39, 0.29) is 11.0 Å². The van der Waals surface area contributed by atoms with Crippen molar-refractivity contribution in [2.24, 2.45) is 5.73 Å². The summed E-state index contributed by atoms with van der Waals surface area (Å²) in [6, 6.07) is 6.48. The van der Waals surface area contributed by atoms with Crippen LogP contribution in [0.3, 0.4) is 0 Å². The lowest BCUT2D eigenvalue weighted by Gasteiger charge is -2.13. The molecule has 2 nitrogen and oxygen atoms in total. The van der Waals surface area contributed by atoms with Crippen molar-refractivity contribution < 1.29 is 0 Å². The number of rotatable bonds is 2. The van der Waals surface area contributed by atoms with Crippen molar-refractivity contribution in [2.45, 2.75) is 51.0 Å². The molecular weight excluding hydrogens is 240 g/mol. The molecule has 1 aliphatic carbocycles. The highest BCUT2D eigenvalue weighted by atomic mass is 32.1. The van der Waals surface area contributed by atoms with E-state index in [9.17, 15) is 0 Å². The monoisotopic (exact) mass is 260 g/mol. The summed E-state index contributed by atoms with van der Waals surface area (Å²) in [5.74, 6) is 0. The second kappa shape index (κ2) is 3.78. The Hall–Kier alpha value is -0.930. The predicted octanol–water partition coefficient (Wildman–Crippen LogP) is 3.63. The van der Waals surface area contributed by atoms with E-state index >= 15 is 0 Å². The van der Waals surface area contributed by atoms with Gasteiger partial charge in [-0.25, -0.2) is 4.98 Å². The van der Waals surface area contributed by atoms with Crippen molar-refractivity contribution in [1.29, 1.82) is 0 Å². The summed E-state index contributed by atoms with van der Waals surface area (Å²) in [7, 11) is 0. The first-order chi connectivity index (χ1) is 8.37. The molecule has 1 aliphatic rings. The van der Waals surface area contributed by atoms with Gasteiger partial charge in [0.25, 0.3) is 0 Å². The Morgan fingerprint density at radius 2 is 2.06 bits per heavy atom. The van der Waals surface area contributed by atoms with Gasteiger partial charge in [-0.05, 0) is 30.9 Å². The molecule has 3 rings (SSSR count). The predicted molar refractivity (Wildman–Crippen MR) is 78.2 cm³/mol. The molecule has 1 saturated carbocycles. The molecule has 1 fully saturated rings. The number of nitrogens with zero attached hydrogens (tertiary/aromatic N) is 1. The summed E-state index contributed by atoms with van der Waals surface area (Å²) in [6.07, 6.45) is 3.27. The average Bonchev–Trinajstić information content (AvgIpc) is 2.82. The number of aromatic nitrogens is 1. The van der Waals surface area contributed by atoms with Gasteiger partial charge in [0, 0.05) is 11.0 Å². The lowest BCUT2D eigenvalue weighted by molar-refractivity contribution is 0.586. The number of nitrogens with two attached hydrogens (primary N) is 1.